The molecule has 0 aromatic heterocycles. The van der Waals surface area contributed by atoms with Crippen molar-refractivity contribution in [3.8, 4) is 28.0 Å². The van der Waals surface area contributed by atoms with Crippen LogP contribution in [0.5, 0.6) is 5.75 Å². The lowest BCUT2D eigenvalue weighted by atomic mass is 9.80. The smallest absolute Gasteiger partial charge is 0.201 e. The third-order valence-electron chi connectivity index (χ3n) is 6.98. The average Bonchev–Trinajstić information content (AvgIpc) is 2.88. The number of hydrogen-bond acceptors (Lipinski definition) is 1. The summed E-state index contributed by atoms with van der Waals surface area (Å²) >= 11 is 0. The molecule has 0 bridgehead atoms. The van der Waals surface area contributed by atoms with Gasteiger partial charge in [-0.3, -0.25) is 0 Å². The molecular weight excluding hydrogens is 452 g/mol. The SMILES string of the molecule is CCOc1ccc(-c2ccc(-c3ccc(C=CC4CCC(CC)CC4)c(F)c3F)cc2)c(F)c1F. The number of ether oxygens (including phenoxy) is 1. The van der Waals surface area contributed by atoms with Gasteiger partial charge in [-0.15, -0.1) is 0 Å². The fourth-order valence-corrected chi connectivity index (χ4v) is 4.80. The molecule has 0 heterocycles. The van der Waals surface area contributed by atoms with E-state index in [1.807, 2.05) is 6.08 Å². The summed E-state index contributed by atoms with van der Waals surface area (Å²) < 4.78 is 63.6. The van der Waals surface area contributed by atoms with Gasteiger partial charge in [0.25, 0.3) is 0 Å². The van der Waals surface area contributed by atoms with Crippen LogP contribution in [0.2, 0.25) is 0 Å². The van der Waals surface area contributed by atoms with Gasteiger partial charge < -0.3 is 4.74 Å². The Labute approximate surface area is 204 Å². The Hall–Kier alpha value is -3.08. The Kier molecular flexibility index (Phi) is 7.94. The first kappa shape index (κ1) is 25.0. The first-order valence-corrected chi connectivity index (χ1v) is 12.3. The van der Waals surface area contributed by atoms with E-state index in [0.717, 1.165) is 18.8 Å². The summed E-state index contributed by atoms with van der Waals surface area (Å²) in [5.74, 6) is -2.84. The van der Waals surface area contributed by atoms with Gasteiger partial charge in [0.2, 0.25) is 5.82 Å². The van der Waals surface area contributed by atoms with E-state index in [9.17, 15) is 17.6 Å². The highest BCUT2D eigenvalue weighted by atomic mass is 19.2. The van der Waals surface area contributed by atoms with Crippen LogP contribution in [0, 0.1) is 35.1 Å². The minimum absolute atomic E-state index is 0.0672. The van der Waals surface area contributed by atoms with Gasteiger partial charge in [-0.25, -0.2) is 13.2 Å². The van der Waals surface area contributed by atoms with Crippen molar-refractivity contribution in [1.82, 2.24) is 0 Å². The number of rotatable bonds is 7. The Morgan fingerprint density at radius 2 is 1.29 bits per heavy atom. The van der Waals surface area contributed by atoms with Crippen LogP contribution in [0.3, 0.4) is 0 Å². The van der Waals surface area contributed by atoms with Crippen molar-refractivity contribution < 1.29 is 22.3 Å². The molecule has 3 aromatic rings. The van der Waals surface area contributed by atoms with Crippen molar-refractivity contribution in [3.63, 3.8) is 0 Å². The Balaban J connectivity index is 1.53. The summed E-state index contributed by atoms with van der Waals surface area (Å²) in [6, 6.07) is 12.2. The van der Waals surface area contributed by atoms with Crippen LogP contribution in [-0.4, -0.2) is 6.61 Å². The lowest BCUT2D eigenvalue weighted by Crippen LogP contribution is -2.12. The second-order valence-electron chi connectivity index (χ2n) is 9.13. The van der Waals surface area contributed by atoms with E-state index in [1.165, 1.54) is 31.4 Å². The maximum Gasteiger partial charge on any atom is 0.201 e. The molecule has 0 atom stereocenters. The van der Waals surface area contributed by atoms with Crippen molar-refractivity contribution in [2.45, 2.75) is 46.0 Å². The molecule has 0 aliphatic heterocycles. The van der Waals surface area contributed by atoms with E-state index in [2.05, 4.69) is 6.92 Å². The molecular formula is C30H30F4O. The highest BCUT2D eigenvalue weighted by Gasteiger charge is 2.19. The minimum atomic E-state index is -1.05. The van der Waals surface area contributed by atoms with Crippen molar-refractivity contribution in [1.29, 1.82) is 0 Å². The molecule has 0 spiro atoms. The standard InChI is InChI=1S/C30H30F4O/c1-3-19-5-7-20(8-6-19)9-10-23-15-16-24(28(32)27(23)31)21-11-13-22(14-12-21)25-17-18-26(35-4-2)30(34)29(25)33/h9-20H,3-8H2,1-2H3. The van der Waals surface area contributed by atoms with Crippen molar-refractivity contribution in [3.05, 3.63) is 83.4 Å². The monoisotopic (exact) mass is 482 g/mol. The minimum Gasteiger partial charge on any atom is -0.491 e. The van der Waals surface area contributed by atoms with Crippen LogP contribution in [0.25, 0.3) is 28.3 Å². The highest BCUT2D eigenvalue weighted by Crippen LogP contribution is 2.34. The molecule has 0 N–H and O–H groups in total. The molecule has 1 fully saturated rings. The van der Waals surface area contributed by atoms with Gasteiger partial charge in [0.15, 0.2) is 23.2 Å². The Bertz CT molecular complexity index is 1190. The Morgan fingerprint density at radius 1 is 0.714 bits per heavy atom. The molecule has 0 radical (unpaired) electrons. The number of hydrogen-bond donors (Lipinski definition) is 0. The molecule has 1 nitrogen and oxygen atoms in total. The van der Waals surface area contributed by atoms with Crippen LogP contribution in [0.15, 0.2) is 54.6 Å². The maximum atomic E-state index is 14.9. The normalized spacial score (nSPS) is 18.2. The summed E-state index contributed by atoms with van der Waals surface area (Å²) in [6.07, 6.45) is 9.43. The zero-order chi connectivity index (χ0) is 24.9. The lowest BCUT2D eigenvalue weighted by molar-refractivity contribution is 0.304. The molecule has 0 unspecified atom stereocenters. The molecule has 0 amide bonds. The van der Waals surface area contributed by atoms with E-state index in [1.54, 1.807) is 49.4 Å². The van der Waals surface area contributed by atoms with Gasteiger partial charge in [-0.2, -0.15) is 4.39 Å². The third kappa shape index (κ3) is 5.44. The number of benzene rings is 3. The van der Waals surface area contributed by atoms with E-state index in [0.29, 0.717) is 17.0 Å². The van der Waals surface area contributed by atoms with Crippen LogP contribution in [0.4, 0.5) is 17.6 Å². The molecule has 3 aromatic carbocycles. The average molecular weight is 483 g/mol. The molecule has 5 heteroatoms. The van der Waals surface area contributed by atoms with Gasteiger partial charge in [0.05, 0.1) is 6.61 Å². The molecule has 0 saturated heterocycles. The zero-order valence-corrected chi connectivity index (χ0v) is 20.1. The fourth-order valence-electron chi connectivity index (χ4n) is 4.80. The number of halogens is 4. The predicted molar refractivity (Wildman–Crippen MR) is 133 cm³/mol. The van der Waals surface area contributed by atoms with Gasteiger partial charge in [-0.05, 0) is 67.7 Å². The first-order valence-electron chi connectivity index (χ1n) is 12.3. The van der Waals surface area contributed by atoms with Crippen molar-refractivity contribution >= 4 is 6.08 Å². The predicted octanol–water partition coefficient (Wildman–Crippen LogP) is 9.21. The van der Waals surface area contributed by atoms with Crippen LogP contribution >= 0.6 is 0 Å². The molecule has 4 rings (SSSR count). The zero-order valence-electron chi connectivity index (χ0n) is 20.1. The van der Waals surface area contributed by atoms with E-state index in [4.69, 9.17) is 4.74 Å². The summed E-state index contributed by atoms with van der Waals surface area (Å²) in [7, 11) is 0. The van der Waals surface area contributed by atoms with E-state index >= 15 is 0 Å². The largest absolute Gasteiger partial charge is 0.491 e. The fraction of sp³-hybridized carbons (Fsp3) is 0.333. The molecule has 1 aliphatic rings. The van der Waals surface area contributed by atoms with Crippen LogP contribution in [0.1, 0.15) is 51.5 Å². The molecule has 35 heavy (non-hydrogen) atoms. The molecule has 1 aliphatic carbocycles. The lowest BCUT2D eigenvalue weighted by Gasteiger charge is -2.25. The summed E-state index contributed by atoms with van der Waals surface area (Å²) in [5.41, 5.74) is 1.29. The maximum absolute atomic E-state index is 14.9. The summed E-state index contributed by atoms with van der Waals surface area (Å²) in [5, 5.41) is 0. The second kappa shape index (κ2) is 11.1. The summed E-state index contributed by atoms with van der Waals surface area (Å²) in [6.45, 7) is 4.13. The van der Waals surface area contributed by atoms with Gasteiger partial charge in [0.1, 0.15) is 0 Å². The van der Waals surface area contributed by atoms with Gasteiger partial charge in [-0.1, -0.05) is 61.9 Å². The quantitative estimate of drug-likeness (QED) is 0.305. The number of allylic oxidation sites excluding steroid dienone is 1. The first-order chi connectivity index (χ1) is 16.9. The van der Waals surface area contributed by atoms with Crippen LogP contribution < -0.4 is 4.74 Å². The van der Waals surface area contributed by atoms with Crippen molar-refractivity contribution in [2.75, 3.05) is 6.61 Å². The second-order valence-corrected chi connectivity index (χ2v) is 9.13. The third-order valence-corrected chi connectivity index (χ3v) is 6.98. The van der Waals surface area contributed by atoms with E-state index in [-0.39, 0.29) is 29.0 Å². The molecule has 1 saturated carbocycles. The van der Waals surface area contributed by atoms with Crippen LogP contribution in [-0.2, 0) is 0 Å². The topological polar surface area (TPSA) is 9.23 Å². The summed E-state index contributed by atoms with van der Waals surface area (Å²) in [4.78, 5) is 0. The Morgan fingerprint density at radius 3 is 1.86 bits per heavy atom. The van der Waals surface area contributed by atoms with E-state index < -0.39 is 23.3 Å². The highest BCUT2D eigenvalue weighted by molar-refractivity contribution is 5.72. The van der Waals surface area contributed by atoms with Crippen molar-refractivity contribution in [2.24, 2.45) is 11.8 Å². The molecule has 184 valence electrons. The van der Waals surface area contributed by atoms with Gasteiger partial charge in [0, 0.05) is 16.7 Å². The van der Waals surface area contributed by atoms with Gasteiger partial charge >= 0.3 is 0 Å².